The number of hydrogen-bond acceptors (Lipinski definition) is 4. The van der Waals surface area contributed by atoms with Crippen molar-refractivity contribution in [2.75, 3.05) is 32.7 Å². The van der Waals surface area contributed by atoms with Crippen molar-refractivity contribution in [3.8, 4) is 0 Å². The quantitative estimate of drug-likeness (QED) is 0.384. The van der Waals surface area contributed by atoms with Crippen LogP contribution in [-0.4, -0.2) is 67.1 Å². The molecule has 10 heteroatoms. The first-order chi connectivity index (χ1) is 17.7. The van der Waals surface area contributed by atoms with Gasteiger partial charge in [0.2, 0.25) is 10.0 Å². The molecular weight excluding hydrogens is 578 g/mol. The molecule has 0 spiro atoms. The van der Waals surface area contributed by atoms with E-state index >= 15 is 0 Å². The topological polar surface area (TPSA) is 78.0 Å². The molecule has 194 valence electrons. The molecule has 7 nitrogen and oxygen atoms in total. The summed E-state index contributed by atoms with van der Waals surface area (Å²) in [6.07, 6.45) is 0. The Morgan fingerprint density at radius 3 is 2.24 bits per heavy atom. The lowest BCUT2D eigenvalue weighted by Crippen LogP contribution is -2.50. The Morgan fingerprint density at radius 1 is 0.919 bits per heavy atom. The zero-order chi connectivity index (χ0) is 26.6. The van der Waals surface area contributed by atoms with E-state index in [0.717, 1.165) is 10.0 Å². The van der Waals surface area contributed by atoms with Gasteiger partial charge in [0.25, 0.3) is 11.8 Å². The number of nitrogens with zero attached hydrogens (tertiary/aromatic N) is 3. The van der Waals surface area contributed by atoms with Gasteiger partial charge in [-0.25, -0.2) is 8.42 Å². The van der Waals surface area contributed by atoms with Crippen molar-refractivity contribution in [3.05, 3.63) is 99.0 Å². The number of benzene rings is 3. The third-order valence-corrected chi connectivity index (χ3v) is 8.90. The highest BCUT2D eigenvalue weighted by molar-refractivity contribution is 9.10. The Balaban J connectivity index is 1.48. The van der Waals surface area contributed by atoms with E-state index < -0.39 is 10.0 Å². The molecule has 0 aromatic heterocycles. The Hall–Kier alpha value is -2.72. The summed E-state index contributed by atoms with van der Waals surface area (Å²) in [4.78, 5) is 30.4. The van der Waals surface area contributed by atoms with Crippen LogP contribution in [0.2, 0.25) is 5.02 Å². The lowest BCUT2D eigenvalue weighted by molar-refractivity contribution is 0.0678. The number of carbonyl (C=O) groups is 2. The largest absolute Gasteiger partial charge is 0.336 e. The summed E-state index contributed by atoms with van der Waals surface area (Å²) in [5.74, 6) is -0.518. The minimum Gasteiger partial charge on any atom is -0.336 e. The van der Waals surface area contributed by atoms with E-state index in [1.807, 2.05) is 31.2 Å². The van der Waals surface area contributed by atoms with Gasteiger partial charge >= 0.3 is 0 Å². The van der Waals surface area contributed by atoms with E-state index in [1.54, 1.807) is 46.2 Å². The highest BCUT2D eigenvalue weighted by atomic mass is 79.9. The van der Waals surface area contributed by atoms with Gasteiger partial charge in [0.1, 0.15) is 0 Å². The second-order valence-electron chi connectivity index (χ2n) is 8.65. The van der Waals surface area contributed by atoms with E-state index in [9.17, 15) is 18.0 Å². The van der Waals surface area contributed by atoms with Gasteiger partial charge in [-0.3, -0.25) is 9.59 Å². The Morgan fingerprint density at radius 2 is 1.59 bits per heavy atom. The van der Waals surface area contributed by atoms with Crippen LogP contribution in [0.1, 0.15) is 33.2 Å². The van der Waals surface area contributed by atoms with Crippen molar-refractivity contribution in [1.29, 1.82) is 0 Å². The zero-order valence-electron chi connectivity index (χ0n) is 20.3. The van der Waals surface area contributed by atoms with Gasteiger partial charge in [0.15, 0.2) is 0 Å². The van der Waals surface area contributed by atoms with Gasteiger partial charge in [-0.15, -0.1) is 0 Å². The van der Waals surface area contributed by atoms with E-state index in [4.69, 9.17) is 11.6 Å². The van der Waals surface area contributed by atoms with Crippen LogP contribution in [-0.2, 0) is 16.6 Å². The predicted molar refractivity (Wildman–Crippen MR) is 147 cm³/mol. The van der Waals surface area contributed by atoms with Crippen LogP contribution in [0.15, 0.2) is 82.2 Å². The minimum atomic E-state index is -3.72. The summed E-state index contributed by atoms with van der Waals surface area (Å²) in [6, 6.07) is 20.7. The van der Waals surface area contributed by atoms with Crippen LogP contribution in [0.3, 0.4) is 0 Å². The van der Waals surface area contributed by atoms with Gasteiger partial charge < -0.3 is 9.80 Å². The monoisotopic (exact) mass is 603 g/mol. The fourth-order valence-electron chi connectivity index (χ4n) is 4.29. The molecular formula is C27H27BrClN3O4S. The van der Waals surface area contributed by atoms with E-state index in [1.165, 1.54) is 16.4 Å². The first kappa shape index (κ1) is 27.3. The lowest BCUT2D eigenvalue weighted by Gasteiger charge is -2.34. The number of hydrogen-bond donors (Lipinski definition) is 0. The fraction of sp³-hybridized carbons (Fsp3) is 0.259. The third-order valence-electron chi connectivity index (χ3n) is 6.28. The second kappa shape index (κ2) is 11.8. The van der Waals surface area contributed by atoms with Gasteiger partial charge in [-0.1, -0.05) is 57.9 Å². The van der Waals surface area contributed by atoms with Crippen LogP contribution in [0.4, 0.5) is 0 Å². The van der Waals surface area contributed by atoms with Crippen LogP contribution >= 0.6 is 27.5 Å². The predicted octanol–water partition coefficient (Wildman–Crippen LogP) is 4.91. The standard InChI is InChI=1S/C27H27BrClN3O4S/c1-2-30(19-20-7-5-8-21(28)17-20)26(33)24-11-3-4-12-25(24)27(34)31-13-15-32(16-14-31)37(35,36)23-10-6-9-22(29)18-23/h3-12,17-18H,2,13-16,19H2,1H3. The van der Waals surface area contributed by atoms with Gasteiger partial charge in [0.05, 0.1) is 16.0 Å². The van der Waals surface area contributed by atoms with Crippen LogP contribution in [0.5, 0.6) is 0 Å². The highest BCUT2D eigenvalue weighted by Crippen LogP contribution is 2.23. The maximum atomic E-state index is 13.5. The van der Waals surface area contributed by atoms with Gasteiger partial charge in [-0.2, -0.15) is 4.31 Å². The molecule has 37 heavy (non-hydrogen) atoms. The maximum Gasteiger partial charge on any atom is 0.254 e. The summed E-state index contributed by atoms with van der Waals surface area (Å²) in [5.41, 5.74) is 1.62. The zero-order valence-corrected chi connectivity index (χ0v) is 23.5. The molecule has 0 saturated carbocycles. The fourth-order valence-corrected chi connectivity index (χ4v) is 6.46. The van der Waals surface area contributed by atoms with Crippen LogP contribution < -0.4 is 0 Å². The minimum absolute atomic E-state index is 0.126. The maximum absolute atomic E-state index is 13.5. The molecule has 1 aliphatic rings. The number of rotatable bonds is 7. The first-order valence-corrected chi connectivity index (χ1v) is 14.5. The second-order valence-corrected chi connectivity index (χ2v) is 11.9. The van der Waals surface area contributed by atoms with Crippen molar-refractivity contribution in [2.24, 2.45) is 0 Å². The van der Waals surface area contributed by atoms with Gasteiger partial charge in [-0.05, 0) is 55.0 Å². The number of carbonyl (C=O) groups excluding carboxylic acids is 2. The smallest absolute Gasteiger partial charge is 0.254 e. The Kier molecular flexibility index (Phi) is 8.69. The third kappa shape index (κ3) is 6.23. The summed E-state index contributed by atoms with van der Waals surface area (Å²) in [7, 11) is -3.72. The van der Waals surface area contributed by atoms with Crippen molar-refractivity contribution >= 4 is 49.4 Å². The average Bonchev–Trinajstić information content (AvgIpc) is 2.91. The normalized spacial score (nSPS) is 14.4. The molecule has 0 aliphatic carbocycles. The number of halogens is 2. The van der Waals surface area contributed by atoms with Crippen LogP contribution in [0.25, 0.3) is 0 Å². The molecule has 0 N–H and O–H groups in total. The average molecular weight is 605 g/mol. The molecule has 1 heterocycles. The number of amides is 2. The van der Waals surface area contributed by atoms with E-state index in [-0.39, 0.29) is 42.9 Å². The van der Waals surface area contributed by atoms with E-state index in [2.05, 4.69) is 15.9 Å². The SMILES string of the molecule is CCN(Cc1cccc(Br)c1)C(=O)c1ccccc1C(=O)N1CCN(S(=O)(=O)c2cccc(Cl)c2)CC1. The lowest BCUT2D eigenvalue weighted by atomic mass is 10.0. The van der Waals surface area contributed by atoms with E-state index in [0.29, 0.717) is 29.2 Å². The molecule has 4 rings (SSSR count). The molecule has 0 unspecified atom stereocenters. The Bertz CT molecular complexity index is 1410. The molecule has 3 aromatic rings. The molecule has 1 saturated heterocycles. The molecule has 2 amide bonds. The molecule has 0 atom stereocenters. The summed E-state index contributed by atoms with van der Waals surface area (Å²) < 4.78 is 28.3. The molecule has 1 fully saturated rings. The van der Waals surface area contributed by atoms with Crippen molar-refractivity contribution in [3.63, 3.8) is 0 Å². The molecule has 0 radical (unpaired) electrons. The van der Waals surface area contributed by atoms with Gasteiger partial charge in [0, 0.05) is 48.8 Å². The summed E-state index contributed by atoms with van der Waals surface area (Å²) >= 11 is 9.44. The van der Waals surface area contributed by atoms with Crippen molar-refractivity contribution in [2.45, 2.75) is 18.4 Å². The summed E-state index contributed by atoms with van der Waals surface area (Å²) in [5, 5.41) is 0.345. The van der Waals surface area contributed by atoms with Crippen LogP contribution in [0, 0.1) is 0 Å². The van der Waals surface area contributed by atoms with Crippen molar-refractivity contribution in [1.82, 2.24) is 14.1 Å². The molecule has 3 aromatic carbocycles. The number of sulfonamides is 1. The van der Waals surface area contributed by atoms with Crippen molar-refractivity contribution < 1.29 is 18.0 Å². The highest BCUT2D eigenvalue weighted by Gasteiger charge is 2.32. The summed E-state index contributed by atoms with van der Waals surface area (Å²) in [6.45, 7) is 3.54. The Labute approximate surface area is 230 Å². The number of piperazine rings is 1. The molecule has 0 bridgehead atoms. The molecule has 1 aliphatic heterocycles. The first-order valence-electron chi connectivity index (χ1n) is 11.9.